The third kappa shape index (κ3) is 2.26. The Kier molecular flexibility index (Phi) is 3.64. The van der Waals surface area contributed by atoms with Crippen LogP contribution in [0.2, 0.25) is 0 Å². The van der Waals surface area contributed by atoms with Crippen molar-refractivity contribution in [3.8, 4) is 0 Å². The highest BCUT2D eigenvalue weighted by Gasteiger charge is 2.27. The summed E-state index contributed by atoms with van der Waals surface area (Å²) in [5.74, 6) is 0.132. The molecule has 0 spiro atoms. The molecule has 1 aliphatic rings. The SMILES string of the molecule is CC(=O)N1CCN(C(=O)c2c(C)c3ccccc3n2C)CC1. The van der Waals surface area contributed by atoms with Gasteiger partial charge in [-0.05, 0) is 18.6 Å². The summed E-state index contributed by atoms with van der Waals surface area (Å²) < 4.78 is 1.98. The Bertz CT molecular complexity index is 701. The van der Waals surface area contributed by atoms with Gasteiger partial charge < -0.3 is 14.4 Å². The number of hydrogen-bond donors (Lipinski definition) is 0. The summed E-state index contributed by atoms with van der Waals surface area (Å²) in [5.41, 5.74) is 2.85. The molecular formula is C17H21N3O2. The van der Waals surface area contributed by atoms with Gasteiger partial charge in [0.1, 0.15) is 5.69 Å². The van der Waals surface area contributed by atoms with Crippen LogP contribution < -0.4 is 0 Å². The predicted octanol–water partition coefficient (Wildman–Crippen LogP) is 1.79. The fourth-order valence-corrected chi connectivity index (χ4v) is 3.26. The van der Waals surface area contributed by atoms with Crippen molar-refractivity contribution in [3.63, 3.8) is 0 Å². The van der Waals surface area contributed by atoms with E-state index in [2.05, 4.69) is 6.07 Å². The number of hydrogen-bond acceptors (Lipinski definition) is 2. The summed E-state index contributed by atoms with van der Waals surface area (Å²) in [6, 6.07) is 8.07. The zero-order valence-corrected chi connectivity index (χ0v) is 13.3. The van der Waals surface area contributed by atoms with Gasteiger partial charge >= 0.3 is 0 Å². The van der Waals surface area contributed by atoms with Crippen LogP contribution >= 0.6 is 0 Å². The highest BCUT2D eigenvalue weighted by atomic mass is 16.2. The van der Waals surface area contributed by atoms with E-state index in [1.165, 1.54) is 0 Å². The van der Waals surface area contributed by atoms with E-state index in [1.807, 2.05) is 41.6 Å². The van der Waals surface area contributed by atoms with E-state index >= 15 is 0 Å². The lowest BCUT2D eigenvalue weighted by Crippen LogP contribution is -2.50. The molecular weight excluding hydrogens is 278 g/mol. The van der Waals surface area contributed by atoms with E-state index in [0.29, 0.717) is 26.2 Å². The van der Waals surface area contributed by atoms with Crippen molar-refractivity contribution in [3.05, 3.63) is 35.5 Å². The number of carbonyl (C=O) groups is 2. The maximum atomic E-state index is 12.9. The second-order valence-corrected chi connectivity index (χ2v) is 5.85. The Balaban J connectivity index is 1.89. The monoisotopic (exact) mass is 299 g/mol. The van der Waals surface area contributed by atoms with Crippen LogP contribution in [0.5, 0.6) is 0 Å². The molecule has 3 rings (SSSR count). The van der Waals surface area contributed by atoms with Crippen molar-refractivity contribution >= 4 is 22.7 Å². The molecule has 22 heavy (non-hydrogen) atoms. The largest absolute Gasteiger partial charge is 0.339 e. The Morgan fingerprint density at radius 3 is 2.18 bits per heavy atom. The van der Waals surface area contributed by atoms with Gasteiger partial charge in [0.2, 0.25) is 5.91 Å². The molecule has 1 fully saturated rings. The van der Waals surface area contributed by atoms with E-state index in [9.17, 15) is 9.59 Å². The number of aryl methyl sites for hydroxylation is 2. The minimum atomic E-state index is 0.0550. The molecule has 0 radical (unpaired) electrons. The van der Waals surface area contributed by atoms with Gasteiger partial charge in [0.15, 0.2) is 0 Å². The smallest absolute Gasteiger partial charge is 0.270 e. The van der Waals surface area contributed by atoms with Gasteiger partial charge in [-0.15, -0.1) is 0 Å². The van der Waals surface area contributed by atoms with Crippen molar-refractivity contribution in [2.75, 3.05) is 26.2 Å². The van der Waals surface area contributed by atoms with E-state index in [1.54, 1.807) is 11.8 Å². The second kappa shape index (κ2) is 5.48. The molecule has 1 saturated heterocycles. The van der Waals surface area contributed by atoms with Crippen LogP contribution in [0, 0.1) is 6.92 Å². The molecule has 5 heteroatoms. The number of para-hydroxylation sites is 1. The molecule has 2 amide bonds. The average Bonchev–Trinajstić information content (AvgIpc) is 2.79. The van der Waals surface area contributed by atoms with Crippen LogP contribution in [0.25, 0.3) is 10.9 Å². The third-order valence-electron chi connectivity index (χ3n) is 4.57. The summed E-state index contributed by atoms with van der Waals surface area (Å²) in [5, 5.41) is 1.12. The summed E-state index contributed by atoms with van der Waals surface area (Å²) in [6.45, 7) is 6.00. The first kappa shape index (κ1) is 14.6. The van der Waals surface area contributed by atoms with Crippen molar-refractivity contribution < 1.29 is 9.59 Å². The number of fused-ring (bicyclic) bond motifs is 1. The molecule has 1 aliphatic heterocycles. The standard InChI is InChI=1S/C17H21N3O2/c1-12-14-6-4-5-7-15(14)18(3)16(12)17(22)20-10-8-19(9-11-20)13(2)21/h4-7H,8-11H2,1-3H3. The predicted molar refractivity (Wildman–Crippen MR) is 85.8 cm³/mol. The highest BCUT2D eigenvalue weighted by Crippen LogP contribution is 2.25. The number of aromatic nitrogens is 1. The first-order valence-corrected chi connectivity index (χ1v) is 7.59. The van der Waals surface area contributed by atoms with E-state index < -0.39 is 0 Å². The average molecular weight is 299 g/mol. The lowest BCUT2D eigenvalue weighted by molar-refractivity contribution is -0.130. The fourth-order valence-electron chi connectivity index (χ4n) is 3.26. The summed E-state index contributed by atoms with van der Waals surface area (Å²) >= 11 is 0. The van der Waals surface area contributed by atoms with Crippen molar-refractivity contribution in [1.29, 1.82) is 0 Å². The quantitative estimate of drug-likeness (QED) is 0.806. The maximum Gasteiger partial charge on any atom is 0.270 e. The molecule has 0 bridgehead atoms. The number of carbonyl (C=O) groups excluding carboxylic acids is 2. The van der Waals surface area contributed by atoms with Gasteiger partial charge in [0.25, 0.3) is 5.91 Å². The van der Waals surface area contributed by atoms with E-state index in [0.717, 1.165) is 22.2 Å². The van der Waals surface area contributed by atoms with Crippen LogP contribution in [0.1, 0.15) is 23.0 Å². The Labute approximate surface area is 130 Å². The molecule has 1 aromatic heterocycles. The second-order valence-electron chi connectivity index (χ2n) is 5.85. The van der Waals surface area contributed by atoms with E-state index in [-0.39, 0.29) is 11.8 Å². The first-order chi connectivity index (χ1) is 10.5. The van der Waals surface area contributed by atoms with Crippen LogP contribution in [-0.2, 0) is 11.8 Å². The molecule has 0 aliphatic carbocycles. The van der Waals surface area contributed by atoms with Gasteiger partial charge in [-0.1, -0.05) is 18.2 Å². The molecule has 0 unspecified atom stereocenters. The molecule has 0 N–H and O–H groups in total. The van der Waals surface area contributed by atoms with Crippen LogP contribution in [0.15, 0.2) is 24.3 Å². The third-order valence-corrected chi connectivity index (χ3v) is 4.57. The van der Waals surface area contributed by atoms with Gasteiger partial charge in [-0.2, -0.15) is 0 Å². The maximum absolute atomic E-state index is 12.9. The zero-order chi connectivity index (χ0) is 15.9. The zero-order valence-electron chi connectivity index (χ0n) is 13.3. The number of rotatable bonds is 1. The number of benzene rings is 1. The van der Waals surface area contributed by atoms with Gasteiger partial charge in [-0.3, -0.25) is 9.59 Å². The summed E-state index contributed by atoms with van der Waals surface area (Å²) in [7, 11) is 1.94. The molecule has 1 aromatic carbocycles. The van der Waals surface area contributed by atoms with Crippen LogP contribution in [0.3, 0.4) is 0 Å². The Morgan fingerprint density at radius 2 is 1.59 bits per heavy atom. The number of nitrogens with zero attached hydrogens (tertiary/aromatic N) is 3. The van der Waals surface area contributed by atoms with Crippen LogP contribution in [-0.4, -0.2) is 52.4 Å². The van der Waals surface area contributed by atoms with Gasteiger partial charge in [0, 0.05) is 51.1 Å². The van der Waals surface area contributed by atoms with Crippen LogP contribution in [0.4, 0.5) is 0 Å². The minimum Gasteiger partial charge on any atom is -0.339 e. The topological polar surface area (TPSA) is 45.6 Å². The highest BCUT2D eigenvalue weighted by molar-refractivity contribution is 6.01. The summed E-state index contributed by atoms with van der Waals surface area (Å²) in [6.07, 6.45) is 0. The molecule has 0 atom stereocenters. The van der Waals surface area contributed by atoms with E-state index in [4.69, 9.17) is 0 Å². The lowest BCUT2D eigenvalue weighted by Gasteiger charge is -2.34. The number of piperazine rings is 1. The lowest BCUT2D eigenvalue weighted by atomic mass is 10.1. The van der Waals surface area contributed by atoms with Crippen molar-refractivity contribution in [1.82, 2.24) is 14.4 Å². The molecule has 2 aromatic rings. The normalized spacial score (nSPS) is 15.4. The summed E-state index contributed by atoms with van der Waals surface area (Å²) in [4.78, 5) is 27.9. The fraction of sp³-hybridized carbons (Fsp3) is 0.412. The van der Waals surface area contributed by atoms with Crippen molar-refractivity contribution in [2.45, 2.75) is 13.8 Å². The Morgan fingerprint density at radius 1 is 1.00 bits per heavy atom. The minimum absolute atomic E-state index is 0.0550. The van der Waals surface area contributed by atoms with Gasteiger partial charge in [-0.25, -0.2) is 0 Å². The molecule has 5 nitrogen and oxygen atoms in total. The van der Waals surface area contributed by atoms with Crippen molar-refractivity contribution in [2.24, 2.45) is 7.05 Å². The van der Waals surface area contributed by atoms with Gasteiger partial charge in [0.05, 0.1) is 0 Å². The first-order valence-electron chi connectivity index (χ1n) is 7.59. The molecule has 116 valence electrons. The molecule has 2 heterocycles. The Hall–Kier alpha value is -2.30. The number of amides is 2. The molecule has 0 saturated carbocycles.